The molecule has 0 unspecified atom stereocenters. The molecule has 103 valence electrons. The van der Waals surface area contributed by atoms with E-state index in [9.17, 15) is 9.59 Å². The summed E-state index contributed by atoms with van der Waals surface area (Å²) in [5.41, 5.74) is 0. The van der Waals surface area contributed by atoms with Crippen molar-refractivity contribution in [2.45, 2.75) is 40.1 Å². The van der Waals surface area contributed by atoms with Crippen molar-refractivity contribution in [1.29, 1.82) is 0 Å². The van der Waals surface area contributed by atoms with Gasteiger partial charge >= 0.3 is 5.97 Å². The smallest absolute Gasteiger partial charge is 0.304 e. The topological polar surface area (TPSA) is 64.6 Å². The van der Waals surface area contributed by atoms with Crippen molar-refractivity contribution in [3.63, 3.8) is 0 Å². The Hall–Kier alpha value is -0.883. The Bertz CT molecular complexity index is 319. The van der Waals surface area contributed by atoms with E-state index in [2.05, 4.69) is 32.3 Å². The van der Waals surface area contributed by atoms with Crippen molar-refractivity contribution < 1.29 is 18.8 Å². The lowest BCUT2D eigenvalue weighted by Crippen LogP contribution is -2.63. The van der Waals surface area contributed by atoms with E-state index in [1.807, 2.05) is 0 Å². The average molecular weight is 272 g/mol. The number of carbonyl (C=O) groups is 2. The molecule has 1 heterocycles. The van der Waals surface area contributed by atoms with Crippen LogP contribution in [0.1, 0.15) is 20.8 Å². The van der Waals surface area contributed by atoms with Crippen LogP contribution in [0.2, 0.25) is 13.1 Å². The van der Waals surface area contributed by atoms with Crippen LogP contribution in [0.25, 0.3) is 0 Å². The Labute approximate surface area is 110 Å². The molecule has 1 saturated heterocycles. The Morgan fingerprint density at radius 2 is 2.06 bits per heavy atom. The number of β-lactam (4-membered cyclic amide) rings is 1. The van der Waals surface area contributed by atoms with Crippen molar-refractivity contribution in [3.8, 4) is 0 Å². The molecule has 1 rings (SSSR count). The number of hydrogen-bond donors (Lipinski definition) is 1. The largest absolute Gasteiger partial charge is 0.441 e. The summed E-state index contributed by atoms with van der Waals surface area (Å²) in [5.74, 6) is -0.313. The second-order valence-corrected chi connectivity index (χ2v) is 7.30. The summed E-state index contributed by atoms with van der Waals surface area (Å²) in [6.45, 7) is 10.1. The summed E-state index contributed by atoms with van der Waals surface area (Å²) < 4.78 is 10.8. The van der Waals surface area contributed by atoms with E-state index in [4.69, 9.17) is 9.16 Å². The normalized spacial score (nSPS) is 24.7. The molecule has 0 aromatic heterocycles. The maximum Gasteiger partial charge on any atom is 0.304 e. The maximum absolute atomic E-state index is 11.7. The number of carbonyl (C=O) groups excluding carboxylic acids is 2. The molecule has 5 nitrogen and oxygen atoms in total. The summed E-state index contributed by atoms with van der Waals surface area (Å²) in [6, 6.07) is 0. The maximum atomic E-state index is 11.7. The minimum absolute atomic E-state index is 0.0514. The van der Waals surface area contributed by atoms with Crippen LogP contribution in [-0.4, -0.2) is 33.8 Å². The molecule has 0 saturated carbocycles. The minimum Gasteiger partial charge on any atom is -0.441 e. The van der Waals surface area contributed by atoms with Crippen LogP contribution in [0.4, 0.5) is 0 Å². The van der Waals surface area contributed by atoms with Crippen molar-refractivity contribution in [2.75, 3.05) is 6.61 Å². The third kappa shape index (κ3) is 3.81. The van der Waals surface area contributed by atoms with Gasteiger partial charge in [0.1, 0.15) is 0 Å². The van der Waals surface area contributed by atoms with E-state index < -0.39 is 15.3 Å². The van der Waals surface area contributed by atoms with E-state index in [-0.39, 0.29) is 23.7 Å². The van der Waals surface area contributed by atoms with E-state index in [0.717, 1.165) is 0 Å². The highest BCUT2D eigenvalue weighted by Gasteiger charge is 2.47. The number of nitrogens with one attached hydrogen (secondary N) is 1. The van der Waals surface area contributed by atoms with Gasteiger partial charge in [0.2, 0.25) is 14.9 Å². The first-order valence-electron chi connectivity index (χ1n) is 6.23. The van der Waals surface area contributed by atoms with E-state index in [1.54, 1.807) is 0 Å². The van der Waals surface area contributed by atoms with Gasteiger partial charge in [0.05, 0.1) is 5.92 Å². The van der Waals surface area contributed by atoms with Gasteiger partial charge in [-0.25, -0.2) is 0 Å². The van der Waals surface area contributed by atoms with Gasteiger partial charge in [0.25, 0.3) is 0 Å². The standard InChI is InChI=1S/C12H22NO4Si/c1-7(2)9(6-16-18(4)5)10-11(15)13-12(10)17-8(3)14/h7,9-10,12H,6H2,1-5H3,(H,13,15)/t9-,10+,12-/m1/s1. The molecule has 6 heteroatoms. The van der Waals surface area contributed by atoms with Gasteiger partial charge in [-0.2, -0.15) is 0 Å². The molecule has 18 heavy (non-hydrogen) atoms. The zero-order chi connectivity index (χ0) is 13.9. The quantitative estimate of drug-likeness (QED) is 0.448. The SMILES string of the molecule is CC(=O)O[C@H]1NC(=O)[C@@H]1[C@H](CO[Si](C)C)C(C)C. The lowest BCUT2D eigenvalue weighted by molar-refractivity contribution is -0.173. The molecule has 1 fully saturated rings. The number of esters is 1. The van der Waals surface area contributed by atoms with E-state index in [1.165, 1.54) is 6.92 Å². The van der Waals surface area contributed by atoms with Crippen molar-refractivity contribution in [1.82, 2.24) is 5.32 Å². The summed E-state index contributed by atoms with van der Waals surface area (Å²) in [4.78, 5) is 22.6. The van der Waals surface area contributed by atoms with Crippen LogP contribution >= 0.6 is 0 Å². The van der Waals surface area contributed by atoms with Gasteiger partial charge < -0.3 is 14.5 Å². The van der Waals surface area contributed by atoms with Crippen LogP contribution in [0.15, 0.2) is 0 Å². The van der Waals surface area contributed by atoms with Crippen molar-refractivity contribution >= 4 is 20.9 Å². The highest BCUT2D eigenvalue weighted by molar-refractivity contribution is 6.48. The first kappa shape index (κ1) is 15.2. The van der Waals surface area contributed by atoms with Gasteiger partial charge in [-0.05, 0) is 19.0 Å². The first-order valence-corrected chi connectivity index (χ1v) is 8.64. The van der Waals surface area contributed by atoms with Crippen LogP contribution in [0.3, 0.4) is 0 Å². The molecule has 0 aromatic carbocycles. The van der Waals surface area contributed by atoms with E-state index >= 15 is 0 Å². The second kappa shape index (κ2) is 6.33. The molecule has 0 bridgehead atoms. The van der Waals surface area contributed by atoms with Gasteiger partial charge in [0, 0.05) is 19.4 Å². The summed E-state index contributed by atoms with van der Waals surface area (Å²) in [5, 5.41) is 2.62. The molecule has 1 aliphatic heterocycles. The average Bonchev–Trinajstić information content (AvgIpc) is 2.21. The minimum atomic E-state index is -0.776. The van der Waals surface area contributed by atoms with Crippen LogP contribution < -0.4 is 5.32 Å². The molecular formula is C12H22NO4Si. The zero-order valence-corrected chi connectivity index (χ0v) is 12.6. The molecule has 3 atom stereocenters. The number of amides is 1. The Balaban J connectivity index is 2.65. The Morgan fingerprint density at radius 3 is 2.44 bits per heavy atom. The fraction of sp³-hybridized carbons (Fsp3) is 0.833. The van der Waals surface area contributed by atoms with Crippen LogP contribution in [-0.2, 0) is 18.8 Å². The van der Waals surface area contributed by atoms with Crippen molar-refractivity contribution in [2.24, 2.45) is 17.8 Å². The molecule has 1 aliphatic rings. The second-order valence-electron chi connectivity index (χ2n) is 5.19. The monoisotopic (exact) mass is 272 g/mol. The number of hydrogen-bond acceptors (Lipinski definition) is 4. The molecule has 0 aliphatic carbocycles. The number of rotatable bonds is 6. The lowest BCUT2D eigenvalue weighted by Gasteiger charge is -2.41. The van der Waals surface area contributed by atoms with Gasteiger partial charge in [0.15, 0.2) is 6.23 Å². The first-order chi connectivity index (χ1) is 8.32. The highest BCUT2D eigenvalue weighted by atomic mass is 28.3. The summed E-state index contributed by atoms with van der Waals surface area (Å²) in [7, 11) is -0.776. The molecular weight excluding hydrogens is 250 g/mol. The van der Waals surface area contributed by atoms with Gasteiger partial charge in [-0.3, -0.25) is 9.59 Å². The zero-order valence-electron chi connectivity index (χ0n) is 11.6. The summed E-state index contributed by atoms with van der Waals surface area (Å²) >= 11 is 0. The third-order valence-corrected chi connectivity index (χ3v) is 3.83. The summed E-state index contributed by atoms with van der Waals surface area (Å²) in [6.07, 6.45) is -0.490. The number of ether oxygens (including phenoxy) is 1. The Morgan fingerprint density at radius 1 is 1.44 bits per heavy atom. The third-order valence-electron chi connectivity index (χ3n) is 3.09. The van der Waals surface area contributed by atoms with Crippen LogP contribution in [0, 0.1) is 17.8 Å². The predicted molar refractivity (Wildman–Crippen MR) is 68.9 cm³/mol. The Kier molecular flexibility index (Phi) is 5.34. The molecule has 0 aromatic rings. The van der Waals surface area contributed by atoms with Gasteiger partial charge in [-0.15, -0.1) is 0 Å². The molecule has 1 radical (unpaired) electrons. The lowest BCUT2D eigenvalue weighted by atomic mass is 9.78. The van der Waals surface area contributed by atoms with Crippen LogP contribution in [0.5, 0.6) is 0 Å². The predicted octanol–water partition coefficient (Wildman–Crippen LogP) is 1.16. The molecule has 0 spiro atoms. The fourth-order valence-electron chi connectivity index (χ4n) is 2.04. The molecule has 1 amide bonds. The molecule has 1 N–H and O–H groups in total. The fourth-order valence-corrected chi connectivity index (χ4v) is 2.57. The van der Waals surface area contributed by atoms with Gasteiger partial charge in [-0.1, -0.05) is 13.8 Å². The van der Waals surface area contributed by atoms with E-state index in [0.29, 0.717) is 12.5 Å². The van der Waals surface area contributed by atoms with Crippen molar-refractivity contribution in [3.05, 3.63) is 0 Å². The highest BCUT2D eigenvalue weighted by Crippen LogP contribution is 2.31.